The second-order valence-electron chi connectivity index (χ2n) is 8.36. The van der Waals surface area contributed by atoms with Gasteiger partial charge in [0.2, 0.25) is 5.88 Å². The molecular weight excluding hydrogens is 514 g/mol. The summed E-state index contributed by atoms with van der Waals surface area (Å²) < 4.78 is 24.4. The SMILES string of the molecule is COc1cc2c(cc1OCCN1CCOCC1)CNc1c(Nc3ccc(Br)c(C)c3)ncnc1O2. The Morgan fingerprint density at radius 2 is 2.00 bits per heavy atom. The highest BCUT2D eigenvalue weighted by Gasteiger charge is 2.22. The normalized spacial score (nSPS) is 15.2. The molecular formula is C25H28BrN5O4. The van der Waals surface area contributed by atoms with Crippen LogP contribution in [0, 0.1) is 6.92 Å². The number of benzene rings is 2. The van der Waals surface area contributed by atoms with Crippen molar-refractivity contribution in [3.8, 4) is 23.1 Å². The Hall–Kier alpha value is -3.08. The van der Waals surface area contributed by atoms with E-state index in [9.17, 15) is 0 Å². The van der Waals surface area contributed by atoms with E-state index in [0.717, 1.165) is 54.1 Å². The molecule has 1 aromatic heterocycles. The van der Waals surface area contributed by atoms with Crippen molar-refractivity contribution in [3.63, 3.8) is 0 Å². The van der Waals surface area contributed by atoms with Gasteiger partial charge < -0.3 is 29.6 Å². The first-order valence-corrected chi connectivity index (χ1v) is 12.3. The van der Waals surface area contributed by atoms with Gasteiger partial charge in [-0.2, -0.15) is 4.98 Å². The molecule has 2 N–H and O–H groups in total. The van der Waals surface area contributed by atoms with Crippen LogP contribution in [0.25, 0.3) is 0 Å². The quantitative estimate of drug-likeness (QED) is 0.440. The number of ether oxygens (including phenoxy) is 4. The second-order valence-corrected chi connectivity index (χ2v) is 9.21. The number of methoxy groups -OCH3 is 1. The lowest BCUT2D eigenvalue weighted by Gasteiger charge is -2.26. The second kappa shape index (κ2) is 10.7. The number of nitrogens with zero attached hydrogens (tertiary/aromatic N) is 3. The van der Waals surface area contributed by atoms with E-state index in [4.69, 9.17) is 18.9 Å². The first kappa shape index (κ1) is 23.7. The summed E-state index contributed by atoms with van der Waals surface area (Å²) in [6.07, 6.45) is 1.49. The zero-order valence-corrected chi connectivity index (χ0v) is 21.4. The van der Waals surface area contributed by atoms with Crippen molar-refractivity contribution >= 4 is 33.1 Å². The van der Waals surface area contributed by atoms with Crippen molar-refractivity contribution in [3.05, 3.63) is 52.3 Å². The standard InChI is InChI=1S/C25H28BrN5O4/c1-16-11-18(3-4-19(16)26)30-24-23-25(29-15-28-24)35-20-13-21(32-2)22(12-17(20)14-27-23)34-10-7-31-5-8-33-9-6-31/h3-4,11-13,15,27H,5-10,14H2,1-2H3,(H,28,29,30). The third kappa shape index (κ3) is 5.44. The summed E-state index contributed by atoms with van der Waals surface area (Å²) in [5.41, 5.74) is 3.68. The van der Waals surface area contributed by atoms with Crippen LogP contribution in [-0.4, -0.2) is 61.4 Å². The van der Waals surface area contributed by atoms with Crippen LogP contribution in [0.15, 0.2) is 41.1 Å². The Bertz CT molecular complexity index is 1200. The van der Waals surface area contributed by atoms with Gasteiger partial charge in [-0.15, -0.1) is 0 Å². The third-order valence-electron chi connectivity index (χ3n) is 6.01. The summed E-state index contributed by atoms with van der Waals surface area (Å²) in [6.45, 7) is 7.37. The maximum Gasteiger partial charge on any atom is 0.248 e. The van der Waals surface area contributed by atoms with E-state index >= 15 is 0 Å². The van der Waals surface area contributed by atoms with Crippen molar-refractivity contribution in [2.24, 2.45) is 0 Å². The molecule has 10 heteroatoms. The number of morpholine rings is 1. The van der Waals surface area contributed by atoms with Crippen molar-refractivity contribution in [2.45, 2.75) is 13.5 Å². The van der Waals surface area contributed by atoms with Crippen LogP contribution in [0.4, 0.5) is 17.2 Å². The average Bonchev–Trinajstić information content (AvgIpc) is 3.06. The molecule has 9 nitrogen and oxygen atoms in total. The maximum atomic E-state index is 6.20. The average molecular weight is 542 g/mol. The number of fused-ring (bicyclic) bond motifs is 2. The topological polar surface area (TPSA) is 90.0 Å². The molecule has 0 spiro atoms. The minimum atomic E-state index is 0.443. The molecule has 0 unspecified atom stereocenters. The van der Waals surface area contributed by atoms with Gasteiger partial charge in [0.15, 0.2) is 17.3 Å². The first-order valence-electron chi connectivity index (χ1n) is 11.5. The van der Waals surface area contributed by atoms with Crippen molar-refractivity contribution in [1.29, 1.82) is 0 Å². The van der Waals surface area contributed by atoms with E-state index in [0.29, 0.717) is 47.8 Å². The Labute approximate surface area is 212 Å². The van der Waals surface area contributed by atoms with Gasteiger partial charge in [0.25, 0.3) is 0 Å². The predicted molar refractivity (Wildman–Crippen MR) is 137 cm³/mol. The molecule has 1 fully saturated rings. The lowest BCUT2D eigenvalue weighted by atomic mass is 10.1. The highest BCUT2D eigenvalue weighted by Crippen LogP contribution is 2.42. The first-order chi connectivity index (χ1) is 17.1. The number of rotatable bonds is 7. The molecule has 0 radical (unpaired) electrons. The highest BCUT2D eigenvalue weighted by atomic mass is 79.9. The van der Waals surface area contributed by atoms with E-state index < -0.39 is 0 Å². The summed E-state index contributed by atoms with van der Waals surface area (Å²) in [5.74, 6) is 3.05. The van der Waals surface area contributed by atoms with Crippen LogP contribution in [0.3, 0.4) is 0 Å². The Kier molecular flexibility index (Phi) is 7.21. The van der Waals surface area contributed by atoms with Gasteiger partial charge in [0, 0.05) is 48.0 Å². The third-order valence-corrected chi connectivity index (χ3v) is 6.90. The van der Waals surface area contributed by atoms with E-state index in [1.807, 2.05) is 31.2 Å². The van der Waals surface area contributed by atoms with E-state index in [2.05, 4.69) is 47.5 Å². The fourth-order valence-electron chi connectivity index (χ4n) is 4.05. The molecule has 0 bridgehead atoms. The van der Waals surface area contributed by atoms with Gasteiger partial charge in [-0.1, -0.05) is 15.9 Å². The molecule has 0 amide bonds. The van der Waals surface area contributed by atoms with Crippen molar-refractivity contribution in [1.82, 2.24) is 14.9 Å². The molecule has 2 aliphatic rings. The van der Waals surface area contributed by atoms with Gasteiger partial charge >= 0.3 is 0 Å². The van der Waals surface area contributed by atoms with Crippen LogP contribution in [0.2, 0.25) is 0 Å². The van der Waals surface area contributed by atoms with Crippen molar-refractivity contribution in [2.75, 3.05) is 57.2 Å². The summed E-state index contributed by atoms with van der Waals surface area (Å²) in [6, 6.07) is 9.86. The molecule has 0 aliphatic carbocycles. The van der Waals surface area contributed by atoms with Gasteiger partial charge in [-0.05, 0) is 36.8 Å². The lowest BCUT2D eigenvalue weighted by Crippen LogP contribution is -2.38. The molecule has 2 aliphatic heterocycles. The molecule has 0 atom stereocenters. The number of halogens is 1. The largest absolute Gasteiger partial charge is 0.493 e. The van der Waals surface area contributed by atoms with Crippen LogP contribution in [0.1, 0.15) is 11.1 Å². The molecule has 35 heavy (non-hydrogen) atoms. The summed E-state index contributed by atoms with van der Waals surface area (Å²) in [5, 5.41) is 6.80. The molecule has 2 aromatic carbocycles. The van der Waals surface area contributed by atoms with Crippen LogP contribution >= 0.6 is 15.9 Å². The zero-order chi connectivity index (χ0) is 24.2. The summed E-state index contributed by atoms with van der Waals surface area (Å²) in [4.78, 5) is 11.1. The Balaban J connectivity index is 1.33. The van der Waals surface area contributed by atoms with Crippen LogP contribution in [-0.2, 0) is 11.3 Å². The number of hydrogen-bond acceptors (Lipinski definition) is 9. The summed E-state index contributed by atoms with van der Waals surface area (Å²) in [7, 11) is 1.63. The van der Waals surface area contributed by atoms with Gasteiger partial charge in [-0.3, -0.25) is 4.90 Å². The number of aryl methyl sites for hydroxylation is 1. The minimum Gasteiger partial charge on any atom is -0.493 e. The number of aromatic nitrogens is 2. The van der Waals surface area contributed by atoms with Gasteiger partial charge in [0.1, 0.15) is 24.4 Å². The van der Waals surface area contributed by atoms with Crippen LogP contribution < -0.4 is 24.8 Å². The fourth-order valence-corrected chi connectivity index (χ4v) is 4.29. The molecule has 184 valence electrons. The van der Waals surface area contributed by atoms with Gasteiger partial charge in [-0.25, -0.2) is 4.98 Å². The Morgan fingerprint density at radius 1 is 1.14 bits per heavy atom. The van der Waals surface area contributed by atoms with Crippen LogP contribution in [0.5, 0.6) is 23.1 Å². The molecule has 3 aromatic rings. The van der Waals surface area contributed by atoms with Gasteiger partial charge in [0.05, 0.1) is 20.3 Å². The molecule has 1 saturated heterocycles. The predicted octanol–water partition coefficient (Wildman–Crippen LogP) is 4.73. The fraction of sp³-hybridized carbons (Fsp3) is 0.360. The highest BCUT2D eigenvalue weighted by molar-refractivity contribution is 9.10. The van der Waals surface area contributed by atoms with Crippen molar-refractivity contribution < 1.29 is 18.9 Å². The van der Waals surface area contributed by atoms with E-state index in [-0.39, 0.29) is 0 Å². The molecule has 5 rings (SSSR count). The number of hydrogen-bond donors (Lipinski definition) is 2. The monoisotopic (exact) mass is 541 g/mol. The number of nitrogens with one attached hydrogen (secondary N) is 2. The Morgan fingerprint density at radius 3 is 2.80 bits per heavy atom. The molecule has 0 saturated carbocycles. The van der Waals surface area contributed by atoms with E-state index in [1.54, 1.807) is 7.11 Å². The smallest absolute Gasteiger partial charge is 0.248 e. The maximum absolute atomic E-state index is 6.20. The number of anilines is 3. The van der Waals surface area contributed by atoms with E-state index in [1.165, 1.54) is 6.33 Å². The minimum absolute atomic E-state index is 0.443. The summed E-state index contributed by atoms with van der Waals surface area (Å²) >= 11 is 3.54. The lowest BCUT2D eigenvalue weighted by molar-refractivity contribution is 0.0321. The zero-order valence-electron chi connectivity index (χ0n) is 19.8. The molecule has 3 heterocycles.